The highest BCUT2D eigenvalue weighted by molar-refractivity contribution is 5.74. The van der Waals surface area contributed by atoms with E-state index in [1.807, 2.05) is 13.8 Å². The Labute approximate surface area is 130 Å². The van der Waals surface area contributed by atoms with Crippen molar-refractivity contribution in [3.05, 3.63) is 30.1 Å². The number of rotatable bonds is 8. The Balaban J connectivity index is 2.30. The second kappa shape index (κ2) is 8.58. The molecule has 0 aromatic heterocycles. The van der Waals surface area contributed by atoms with Gasteiger partial charge in [-0.1, -0.05) is 13.8 Å². The van der Waals surface area contributed by atoms with Crippen molar-refractivity contribution in [3.63, 3.8) is 0 Å². The van der Waals surface area contributed by atoms with Gasteiger partial charge in [0, 0.05) is 6.54 Å². The van der Waals surface area contributed by atoms with Crippen LogP contribution in [0.25, 0.3) is 0 Å². The third-order valence-electron chi connectivity index (χ3n) is 3.59. The molecule has 0 spiro atoms. The molecule has 0 heterocycles. The van der Waals surface area contributed by atoms with Crippen LogP contribution in [0.1, 0.15) is 33.6 Å². The third-order valence-corrected chi connectivity index (χ3v) is 3.59. The summed E-state index contributed by atoms with van der Waals surface area (Å²) in [5.41, 5.74) is -0.870. The van der Waals surface area contributed by atoms with E-state index in [1.54, 1.807) is 6.92 Å². The summed E-state index contributed by atoms with van der Waals surface area (Å²) in [7, 11) is 0. The zero-order valence-corrected chi connectivity index (χ0v) is 13.4. The number of amides is 2. The number of nitrogens with one attached hydrogen (secondary N) is 2. The van der Waals surface area contributed by atoms with Gasteiger partial charge in [0.25, 0.3) is 0 Å². The number of hydrogen-bond donors (Lipinski definition) is 3. The average Bonchev–Trinajstić information content (AvgIpc) is 2.52. The number of benzene rings is 1. The SMILES string of the molecule is CCC(O)(CC)CNC(=O)NC(C)COc1ccc(F)cc1. The van der Waals surface area contributed by atoms with Crippen molar-refractivity contribution >= 4 is 6.03 Å². The first-order valence-electron chi connectivity index (χ1n) is 7.53. The Morgan fingerprint density at radius 3 is 2.45 bits per heavy atom. The van der Waals surface area contributed by atoms with Crippen LogP contribution in [0.5, 0.6) is 5.75 Å². The lowest BCUT2D eigenvalue weighted by molar-refractivity contribution is 0.0348. The molecule has 1 aromatic rings. The first kappa shape index (κ1) is 18.2. The minimum absolute atomic E-state index is 0.206. The second-order valence-electron chi connectivity index (χ2n) is 5.42. The van der Waals surface area contributed by atoms with Crippen LogP contribution in [0.4, 0.5) is 9.18 Å². The summed E-state index contributed by atoms with van der Waals surface area (Å²) in [5, 5.41) is 15.5. The Kier molecular flexibility index (Phi) is 7.11. The number of hydrogen-bond acceptors (Lipinski definition) is 3. The molecule has 1 atom stereocenters. The van der Waals surface area contributed by atoms with E-state index in [9.17, 15) is 14.3 Å². The molecule has 0 aliphatic rings. The molecule has 0 bridgehead atoms. The molecule has 1 unspecified atom stereocenters. The van der Waals surface area contributed by atoms with Gasteiger partial charge in [-0.2, -0.15) is 0 Å². The highest BCUT2D eigenvalue weighted by Gasteiger charge is 2.22. The molecule has 0 radical (unpaired) electrons. The normalized spacial score (nSPS) is 12.6. The molecule has 2 amide bonds. The van der Waals surface area contributed by atoms with E-state index in [4.69, 9.17) is 4.74 Å². The van der Waals surface area contributed by atoms with Gasteiger partial charge in [0.1, 0.15) is 18.2 Å². The lowest BCUT2D eigenvalue weighted by Crippen LogP contribution is -2.48. The first-order valence-corrected chi connectivity index (χ1v) is 7.53. The predicted octanol–water partition coefficient (Wildman–Crippen LogP) is 2.44. The van der Waals surface area contributed by atoms with Crippen LogP contribution in [-0.4, -0.2) is 35.9 Å². The standard InChI is InChI=1S/C16H25FN2O3/c1-4-16(21,5-2)11-18-15(20)19-12(3)10-22-14-8-6-13(17)7-9-14/h6-9,12,21H,4-5,10-11H2,1-3H3,(H2,18,19,20). The molecule has 0 fully saturated rings. The van der Waals surface area contributed by atoms with Crippen LogP contribution in [0.2, 0.25) is 0 Å². The topological polar surface area (TPSA) is 70.6 Å². The number of ether oxygens (including phenoxy) is 1. The molecule has 5 nitrogen and oxygen atoms in total. The van der Waals surface area contributed by atoms with E-state index >= 15 is 0 Å². The van der Waals surface area contributed by atoms with Gasteiger partial charge in [-0.05, 0) is 44.0 Å². The van der Waals surface area contributed by atoms with E-state index in [1.165, 1.54) is 24.3 Å². The van der Waals surface area contributed by atoms with Gasteiger partial charge in [-0.3, -0.25) is 0 Å². The molecule has 0 saturated carbocycles. The van der Waals surface area contributed by atoms with E-state index in [-0.39, 0.29) is 31.0 Å². The zero-order valence-electron chi connectivity index (χ0n) is 13.4. The summed E-state index contributed by atoms with van der Waals surface area (Å²) in [4.78, 5) is 11.7. The Morgan fingerprint density at radius 2 is 1.91 bits per heavy atom. The van der Waals surface area contributed by atoms with Crippen molar-refractivity contribution < 1.29 is 19.0 Å². The van der Waals surface area contributed by atoms with Crippen molar-refractivity contribution in [2.24, 2.45) is 0 Å². The molecule has 3 N–H and O–H groups in total. The van der Waals surface area contributed by atoms with Gasteiger partial charge in [0.2, 0.25) is 0 Å². The minimum Gasteiger partial charge on any atom is -0.491 e. The van der Waals surface area contributed by atoms with Gasteiger partial charge < -0.3 is 20.5 Å². The molecule has 1 aromatic carbocycles. The van der Waals surface area contributed by atoms with E-state index < -0.39 is 5.60 Å². The maximum absolute atomic E-state index is 12.8. The molecule has 6 heteroatoms. The monoisotopic (exact) mass is 312 g/mol. The van der Waals surface area contributed by atoms with Gasteiger partial charge in [-0.15, -0.1) is 0 Å². The lowest BCUT2D eigenvalue weighted by Gasteiger charge is -2.26. The fourth-order valence-corrected chi connectivity index (χ4v) is 1.81. The minimum atomic E-state index is -0.870. The summed E-state index contributed by atoms with van der Waals surface area (Å²) in [6, 6.07) is 5.12. The summed E-state index contributed by atoms with van der Waals surface area (Å²) in [6.45, 7) is 6.03. The molecule has 0 aliphatic carbocycles. The molecule has 0 aliphatic heterocycles. The smallest absolute Gasteiger partial charge is 0.315 e. The van der Waals surface area contributed by atoms with Crippen molar-refractivity contribution in [1.29, 1.82) is 0 Å². The van der Waals surface area contributed by atoms with Crippen molar-refractivity contribution in [2.75, 3.05) is 13.2 Å². The van der Waals surface area contributed by atoms with Crippen molar-refractivity contribution in [3.8, 4) is 5.75 Å². The van der Waals surface area contributed by atoms with E-state index in [0.29, 0.717) is 18.6 Å². The van der Waals surface area contributed by atoms with Crippen LogP contribution in [0.15, 0.2) is 24.3 Å². The van der Waals surface area contributed by atoms with Crippen LogP contribution in [0.3, 0.4) is 0 Å². The maximum atomic E-state index is 12.8. The molecular formula is C16H25FN2O3. The van der Waals surface area contributed by atoms with Crippen molar-refractivity contribution in [2.45, 2.75) is 45.3 Å². The fourth-order valence-electron chi connectivity index (χ4n) is 1.81. The molecule has 22 heavy (non-hydrogen) atoms. The predicted molar refractivity (Wildman–Crippen MR) is 83.4 cm³/mol. The molecule has 1 rings (SSSR count). The average molecular weight is 312 g/mol. The van der Waals surface area contributed by atoms with Gasteiger partial charge in [-0.25, -0.2) is 9.18 Å². The van der Waals surface area contributed by atoms with Crippen LogP contribution in [0, 0.1) is 5.82 Å². The molecule has 124 valence electrons. The summed E-state index contributed by atoms with van der Waals surface area (Å²) in [5.74, 6) is 0.221. The van der Waals surface area contributed by atoms with Gasteiger partial charge >= 0.3 is 6.03 Å². The van der Waals surface area contributed by atoms with Gasteiger partial charge in [0.15, 0.2) is 0 Å². The largest absolute Gasteiger partial charge is 0.491 e. The zero-order chi connectivity index (χ0) is 16.6. The lowest BCUT2D eigenvalue weighted by atomic mass is 9.98. The number of urea groups is 1. The quantitative estimate of drug-likeness (QED) is 0.690. The summed E-state index contributed by atoms with van der Waals surface area (Å²) in [6.07, 6.45) is 1.15. The van der Waals surface area contributed by atoms with Crippen LogP contribution < -0.4 is 15.4 Å². The number of halogens is 1. The van der Waals surface area contributed by atoms with Crippen molar-refractivity contribution in [1.82, 2.24) is 10.6 Å². The summed E-state index contributed by atoms with van der Waals surface area (Å²) >= 11 is 0. The Morgan fingerprint density at radius 1 is 1.32 bits per heavy atom. The van der Waals surface area contributed by atoms with Crippen LogP contribution in [-0.2, 0) is 0 Å². The number of carbonyl (C=O) groups excluding carboxylic acids is 1. The third kappa shape index (κ3) is 6.30. The number of aliphatic hydroxyl groups is 1. The maximum Gasteiger partial charge on any atom is 0.315 e. The van der Waals surface area contributed by atoms with Crippen LogP contribution >= 0.6 is 0 Å². The molecule has 0 saturated heterocycles. The second-order valence-corrected chi connectivity index (χ2v) is 5.42. The van der Waals surface area contributed by atoms with Gasteiger partial charge in [0.05, 0.1) is 11.6 Å². The van der Waals surface area contributed by atoms with E-state index in [0.717, 1.165) is 0 Å². The number of carbonyl (C=O) groups is 1. The molecular weight excluding hydrogens is 287 g/mol. The highest BCUT2D eigenvalue weighted by Crippen LogP contribution is 2.13. The highest BCUT2D eigenvalue weighted by atomic mass is 19.1. The van der Waals surface area contributed by atoms with E-state index in [2.05, 4.69) is 10.6 Å². The fraction of sp³-hybridized carbons (Fsp3) is 0.562. The Bertz CT molecular complexity index is 461. The first-order chi connectivity index (χ1) is 10.4. The summed E-state index contributed by atoms with van der Waals surface area (Å²) < 4.78 is 18.2. The Hall–Kier alpha value is -1.82.